The van der Waals surface area contributed by atoms with Crippen molar-refractivity contribution in [2.75, 3.05) is 25.5 Å². The van der Waals surface area contributed by atoms with E-state index in [1.165, 1.54) is 37.7 Å². The van der Waals surface area contributed by atoms with Gasteiger partial charge in [-0.1, -0.05) is 25.3 Å². The molecular weight excluding hydrogens is 296 g/mol. The molecule has 2 aliphatic rings. The largest absolute Gasteiger partial charge is 0.385 e. The lowest BCUT2D eigenvalue weighted by molar-refractivity contribution is 0.0759. The highest BCUT2D eigenvalue weighted by molar-refractivity contribution is 5.97. The molecule has 0 aromatic heterocycles. The summed E-state index contributed by atoms with van der Waals surface area (Å²) in [6, 6.07) is 6.08. The van der Waals surface area contributed by atoms with Gasteiger partial charge in [-0.3, -0.25) is 4.79 Å². The quantitative estimate of drug-likeness (QED) is 0.908. The summed E-state index contributed by atoms with van der Waals surface area (Å²) < 4.78 is 0. The standard InChI is InChI=1S/C18H26N2O.ClH/c1-20(13-14-7-3-2-4-8-14)18(21)16-9-5-11-17-15(16)10-6-12-19-17;/h5,9,11,14,19H,2-4,6-8,10,12-13H2,1H3;1H. The molecule has 1 heterocycles. The van der Waals surface area contributed by atoms with Crippen molar-refractivity contribution in [1.82, 2.24) is 4.90 Å². The molecule has 1 amide bonds. The smallest absolute Gasteiger partial charge is 0.253 e. The number of halogens is 1. The minimum absolute atomic E-state index is 0. The molecule has 0 atom stereocenters. The number of hydrogen-bond donors (Lipinski definition) is 1. The Bertz CT molecular complexity index is 512. The zero-order chi connectivity index (χ0) is 14.7. The van der Waals surface area contributed by atoms with Gasteiger partial charge in [0, 0.05) is 31.4 Å². The van der Waals surface area contributed by atoms with E-state index in [0.29, 0.717) is 5.92 Å². The van der Waals surface area contributed by atoms with Crippen molar-refractivity contribution in [1.29, 1.82) is 0 Å². The highest BCUT2D eigenvalue weighted by atomic mass is 35.5. The second-order valence-corrected chi connectivity index (χ2v) is 6.55. The Kier molecular flexibility index (Phi) is 6.13. The van der Waals surface area contributed by atoms with Gasteiger partial charge in [0.1, 0.15) is 0 Å². The Labute approximate surface area is 139 Å². The van der Waals surface area contributed by atoms with Gasteiger partial charge in [-0.2, -0.15) is 0 Å². The van der Waals surface area contributed by atoms with Crippen LogP contribution in [0.25, 0.3) is 0 Å². The monoisotopic (exact) mass is 322 g/mol. The van der Waals surface area contributed by atoms with E-state index in [9.17, 15) is 4.79 Å². The first kappa shape index (κ1) is 17.1. The normalized spacial score (nSPS) is 17.9. The number of nitrogens with zero attached hydrogens (tertiary/aromatic N) is 1. The van der Waals surface area contributed by atoms with E-state index in [1.54, 1.807) is 0 Å². The molecule has 1 aromatic carbocycles. The van der Waals surface area contributed by atoms with Crippen LogP contribution in [0.1, 0.15) is 54.4 Å². The van der Waals surface area contributed by atoms with Crippen molar-refractivity contribution in [2.45, 2.75) is 44.9 Å². The Balaban J connectivity index is 0.00000176. The number of benzene rings is 1. The summed E-state index contributed by atoms with van der Waals surface area (Å²) in [7, 11) is 1.96. The van der Waals surface area contributed by atoms with Gasteiger partial charge in [0.15, 0.2) is 0 Å². The Hall–Kier alpha value is -1.22. The fourth-order valence-corrected chi connectivity index (χ4v) is 3.76. The van der Waals surface area contributed by atoms with E-state index in [1.807, 2.05) is 24.1 Å². The van der Waals surface area contributed by atoms with Crippen LogP contribution < -0.4 is 5.32 Å². The minimum atomic E-state index is 0. The molecule has 22 heavy (non-hydrogen) atoms. The SMILES string of the molecule is CN(CC1CCCCC1)C(=O)c1cccc2c1CCCN2.Cl. The van der Waals surface area contributed by atoms with E-state index in [4.69, 9.17) is 0 Å². The maximum absolute atomic E-state index is 12.8. The average Bonchev–Trinajstić information content (AvgIpc) is 2.54. The number of nitrogens with one attached hydrogen (secondary N) is 1. The second kappa shape index (κ2) is 7.87. The molecular formula is C18H27ClN2O. The Morgan fingerprint density at radius 2 is 2.00 bits per heavy atom. The lowest BCUT2D eigenvalue weighted by Crippen LogP contribution is -2.33. The van der Waals surface area contributed by atoms with Crippen LogP contribution in [-0.2, 0) is 6.42 Å². The summed E-state index contributed by atoms with van der Waals surface area (Å²) in [5.74, 6) is 0.895. The van der Waals surface area contributed by atoms with E-state index in [0.717, 1.165) is 37.2 Å². The lowest BCUT2D eigenvalue weighted by atomic mass is 9.88. The molecule has 1 saturated carbocycles. The fraction of sp³-hybridized carbons (Fsp3) is 0.611. The first-order valence-corrected chi connectivity index (χ1v) is 8.37. The number of fused-ring (bicyclic) bond motifs is 1. The molecule has 0 radical (unpaired) electrons. The topological polar surface area (TPSA) is 32.3 Å². The second-order valence-electron chi connectivity index (χ2n) is 6.55. The van der Waals surface area contributed by atoms with Gasteiger partial charge in [-0.15, -0.1) is 12.4 Å². The average molecular weight is 323 g/mol. The number of carbonyl (C=O) groups excluding carboxylic acids is 1. The van der Waals surface area contributed by atoms with Crippen LogP contribution in [0.15, 0.2) is 18.2 Å². The van der Waals surface area contributed by atoms with Crippen LogP contribution in [0, 0.1) is 5.92 Å². The van der Waals surface area contributed by atoms with E-state index in [2.05, 4.69) is 11.4 Å². The van der Waals surface area contributed by atoms with Gasteiger partial charge in [-0.25, -0.2) is 0 Å². The van der Waals surface area contributed by atoms with Gasteiger partial charge in [0.2, 0.25) is 0 Å². The first-order valence-electron chi connectivity index (χ1n) is 8.37. The lowest BCUT2D eigenvalue weighted by Gasteiger charge is -2.28. The van der Waals surface area contributed by atoms with Crippen molar-refractivity contribution >= 4 is 24.0 Å². The molecule has 1 aromatic rings. The van der Waals surface area contributed by atoms with Crippen LogP contribution in [0.4, 0.5) is 5.69 Å². The van der Waals surface area contributed by atoms with E-state index >= 15 is 0 Å². The number of amides is 1. The van der Waals surface area contributed by atoms with Gasteiger partial charge in [0.05, 0.1) is 0 Å². The van der Waals surface area contributed by atoms with Gasteiger partial charge in [0.25, 0.3) is 5.91 Å². The van der Waals surface area contributed by atoms with E-state index < -0.39 is 0 Å². The molecule has 0 unspecified atom stereocenters. The Morgan fingerprint density at radius 1 is 1.23 bits per heavy atom. The van der Waals surface area contributed by atoms with Crippen LogP contribution in [-0.4, -0.2) is 30.9 Å². The molecule has 0 bridgehead atoms. The maximum atomic E-state index is 12.8. The predicted octanol–water partition coefficient (Wildman–Crippen LogP) is 4.12. The van der Waals surface area contributed by atoms with Crippen LogP contribution in [0.3, 0.4) is 0 Å². The highest BCUT2D eigenvalue weighted by Crippen LogP contribution is 2.28. The summed E-state index contributed by atoms with van der Waals surface area (Å²) in [4.78, 5) is 14.7. The van der Waals surface area contributed by atoms with Gasteiger partial charge < -0.3 is 10.2 Å². The molecule has 0 spiro atoms. The molecule has 3 rings (SSSR count). The third-order valence-electron chi connectivity index (χ3n) is 4.93. The number of carbonyl (C=O) groups is 1. The van der Waals surface area contributed by atoms with Crippen LogP contribution in [0.2, 0.25) is 0 Å². The number of anilines is 1. The van der Waals surface area contributed by atoms with Crippen molar-refractivity contribution in [3.8, 4) is 0 Å². The molecule has 4 heteroatoms. The zero-order valence-corrected chi connectivity index (χ0v) is 14.3. The molecule has 1 aliphatic carbocycles. The summed E-state index contributed by atoms with van der Waals surface area (Å²) in [6.07, 6.45) is 8.73. The summed E-state index contributed by atoms with van der Waals surface area (Å²) in [5.41, 5.74) is 3.26. The van der Waals surface area contributed by atoms with E-state index in [-0.39, 0.29) is 18.3 Å². The number of hydrogen-bond acceptors (Lipinski definition) is 2. The van der Waals surface area contributed by atoms with Gasteiger partial charge >= 0.3 is 0 Å². The molecule has 122 valence electrons. The molecule has 0 saturated heterocycles. The third-order valence-corrected chi connectivity index (χ3v) is 4.93. The van der Waals surface area contributed by atoms with Crippen LogP contribution in [0.5, 0.6) is 0 Å². The predicted molar refractivity (Wildman–Crippen MR) is 94.0 cm³/mol. The number of rotatable bonds is 3. The molecule has 1 aliphatic heterocycles. The van der Waals surface area contributed by atoms with Crippen molar-refractivity contribution in [2.24, 2.45) is 5.92 Å². The Morgan fingerprint density at radius 3 is 2.77 bits per heavy atom. The first-order chi connectivity index (χ1) is 10.3. The maximum Gasteiger partial charge on any atom is 0.253 e. The van der Waals surface area contributed by atoms with Crippen LogP contribution >= 0.6 is 12.4 Å². The third kappa shape index (κ3) is 3.75. The zero-order valence-electron chi connectivity index (χ0n) is 13.4. The fourth-order valence-electron chi connectivity index (χ4n) is 3.76. The van der Waals surface area contributed by atoms with Crippen molar-refractivity contribution in [3.63, 3.8) is 0 Å². The van der Waals surface area contributed by atoms with Gasteiger partial charge in [-0.05, 0) is 49.3 Å². The minimum Gasteiger partial charge on any atom is -0.385 e. The van der Waals surface area contributed by atoms with Crippen molar-refractivity contribution < 1.29 is 4.79 Å². The molecule has 1 fully saturated rings. The van der Waals surface area contributed by atoms with Crippen molar-refractivity contribution in [3.05, 3.63) is 29.3 Å². The summed E-state index contributed by atoms with van der Waals surface area (Å²) in [5, 5.41) is 3.41. The molecule has 3 nitrogen and oxygen atoms in total. The molecule has 1 N–H and O–H groups in total. The highest BCUT2D eigenvalue weighted by Gasteiger charge is 2.22. The summed E-state index contributed by atoms with van der Waals surface area (Å²) in [6.45, 7) is 1.93. The summed E-state index contributed by atoms with van der Waals surface area (Å²) >= 11 is 0.